The van der Waals surface area contributed by atoms with Gasteiger partial charge in [0.2, 0.25) is 0 Å². The lowest BCUT2D eigenvalue weighted by Gasteiger charge is -2.15. The second kappa shape index (κ2) is 5.88. The monoisotopic (exact) mass is 322 g/mol. The van der Waals surface area contributed by atoms with E-state index in [1.165, 1.54) is 0 Å². The lowest BCUT2D eigenvalue weighted by molar-refractivity contribution is 0.0694. The predicted molar refractivity (Wildman–Crippen MR) is 93.0 cm³/mol. The second-order valence-electron chi connectivity index (χ2n) is 5.99. The zero-order valence-corrected chi connectivity index (χ0v) is 13.7. The van der Waals surface area contributed by atoms with Gasteiger partial charge in [-0.25, -0.2) is 14.8 Å². The van der Waals surface area contributed by atoms with Crippen molar-refractivity contribution in [1.82, 2.24) is 15.0 Å². The Morgan fingerprint density at radius 3 is 2.46 bits per heavy atom. The number of carbonyl (C=O) groups is 1. The highest BCUT2D eigenvalue weighted by molar-refractivity contribution is 5.98. The summed E-state index contributed by atoms with van der Waals surface area (Å²) in [7, 11) is 0. The van der Waals surface area contributed by atoms with Gasteiger partial charge in [-0.3, -0.25) is 4.98 Å². The molecule has 1 aromatic carbocycles. The van der Waals surface area contributed by atoms with Crippen molar-refractivity contribution >= 4 is 22.8 Å². The average Bonchev–Trinajstić information content (AvgIpc) is 2.55. The molecule has 0 spiro atoms. The third kappa shape index (κ3) is 2.56. The SMILES string of the molecule is Cc1c(C(=O)O)c(C(C)C)cc2nc(-c3ccncc3)c(N)nc12. The minimum Gasteiger partial charge on any atom is -0.478 e. The quantitative estimate of drug-likeness (QED) is 0.766. The van der Waals surface area contributed by atoms with E-state index < -0.39 is 5.97 Å². The summed E-state index contributed by atoms with van der Waals surface area (Å²) in [6.45, 7) is 5.67. The molecule has 3 aromatic rings. The third-order valence-corrected chi connectivity index (χ3v) is 4.05. The average molecular weight is 322 g/mol. The molecule has 2 heterocycles. The molecular formula is C18H18N4O2. The maximum absolute atomic E-state index is 11.7. The van der Waals surface area contributed by atoms with Crippen LogP contribution in [0.3, 0.4) is 0 Å². The molecule has 0 aliphatic carbocycles. The zero-order chi connectivity index (χ0) is 17.4. The molecule has 24 heavy (non-hydrogen) atoms. The summed E-state index contributed by atoms with van der Waals surface area (Å²) in [4.78, 5) is 24.7. The van der Waals surface area contributed by atoms with E-state index in [-0.39, 0.29) is 17.3 Å². The molecule has 2 aromatic heterocycles. The van der Waals surface area contributed by atoms with Crippen molar-refractivity contribution in [1.29, 1.82) is 0 Å². The van der Waals surface area contributed by atoms with Crippen molar-refractivity contribution in [3.05, 3.63) is 47.3 Å². The lowest BCUT2D eigenvalue weighted by atomic mass is 9.92. The number of rotatable bonds is 3. The molecule has 0 aliphatic rings. The number of fused-ring (bicyclic) bond motifs is 1. The van der Waals surface area contributed by atoms with Crippen molar-refractivity contribution in [2.24, 2.45) is 0 Å². The molecule has 0 bridgehead atoms. The number of carboxylic acid groups (broad SMARTS) is 1. The first-order valence-electron chi connectivity index (χ1n) is 7.64. The van der Waals surface area contributed by atoms with Gasteiger partial charge >= 0.3 is 5.97 Å². The van der Waals surface area contributed by atoms with Crippen molar-refractivity contribution in [2.75, 3.05) is 5.73 Å². The van der Waals surface area contributed by atoms with Crippen LogP contribution in [0.1, 0.15) is 41.3 Å². The number of nitrogens with two attached hydrogens (primary N) is 1. The number of carboxylic acids is 1. The van der Waals surface area contributed by atoms with E-state index in [4.69, 9.17) is 5.73 Å². The summed E-state index contributed by atoms with van der Waals surface area (Å²) in [6.07, 6.45) is 3.33. The van der Waals surface area contributed by atoms with Crippen LogP contribution in [0.2, 0.25) is 0 Å². The largest absolute Gasteiger partial charge is 0.478 e. The standard InChI is InChI=1S/C18H18N4O2/c1-9(2)12-8-13-15(10(3)14(12)18(23)24)22-17(19)16(21-13)11-4-6-20-7-5-11/h4-9H,1-3H3,(H2,19,22)(H,23,24). The summed E-state index contributed by atoms with van der Waals surface area (Å²) in [6, 6.07) is 5.43. The van der Waals surface area contributed by atoms with Crippen LogP contribution in [0.5, 0.6) is 0 Å². The summed E-state index contributed by atoms with van der Waals surface area (Å²) < 4.78 is 0. The van der Waals surface area contributed by atoms with E-state index in [1.807, 2.05) is 26.0 Å². The van der Waals surface area contributed by atoms with E-state index >= 15 is 0 Å². The molecule has 0 saturated carbocycles. The van der Waals surface area contributed by atoms with Crippen molar-refractivity contribution < 1.29 is 9.90 Å². The van der Waals surface area contributed by atoms with Crippen LogP contribution in [-0.2, 0) is 0 Å². The first-order chi connectivity index (χ1) is 11.4. The van der Waals surface area contributed by atoms with Gasteiger partial charge in [0, 0.05) is 18.0 Å². The van der Waals surface area contributed by atoms with E-state index in [1.54, 1.807) is 25.4 Å². The summed E-state index contributed by atoms with van der Waals surface area (Å²) in [5.41, 5.74) is 10.2. The molecule has 0 radical (unpaired) electrons. The minimum atomic E-state index is -0.961. The van der Waals surface area contributed by atoms with Crippen LogP contribution in [0, 0.1) is 6.92 Å². The lowest BCUT2D eigenvalue weighted by Crippen LogP contribution is -2.09. The van der Waals surface area contributed by atoms with Crippen LogP contribution < -0.4 is 5.73 Å². The fourth-order valence-corrected chi connectivity index (χ4v) is 2.85. The number of nitrogens with zero attached hydrogens (tertiary/aromatic N) is 3. The van der Waals surface area contributed by atoms with E-state index in [9.17, 15) is 9.90 Å². The van der Waals surface area contributed by atoms with Gasteiger partial charge in [0.25, 0.3) is 0 Å². The number of hydrogen-bond donors (Lipinski definition) is 2. The number of aryl methyl sites for hydroxylation is 1. The van der Waals surface area contributed by atoms with Gasteiger partial charge in [0.1, 0.15) is 5.69 Å². The molecule has 0 amide bonds. The summed E-state index contributed by atoms with van der Waals surface area (Å²) >= 11 is 0. The molecule has 122 valence electrons. The molecule has 0 atom stereocenters. The smallest absolute Gasteiger partial charge is 0.336 e. The highest BCUT2D eigenvalue weighted by Crippen LogP contribution is 2.31. The third-order valence-electron chi connectivity index (χ3n) is 4.05. The molecule has 0 fully saturated rings. The van der Waals surface area contributed by atoms with Crippen molar-refractivity contribution in [3.8, 4) is 11.3 Å². The first-order valence-corrected chi connectivity index (χ1v) is 7.64. The van der Waals surface area contributed by atoms with Crippen LogP contribution in [0.15, 0.2) is 30.6 Å². The zero-order valence-electron chi connectivity index (χ0n) is 13.7. The Morgan fingerprint density at radius 1 is 1.21 bits per heavy atom. The van der Waals surface area contributed by atoms with E-state index in [0.29, 0.717) is 22.3 Å². The topological polar surface area (TPSA) is 102 Å². The molecule has 6 heteroatoms. The number of aromatic nitrogens is 3. The highest BCUT2D eigenvalue weighted by Gasteiger charge is 2.21. The number of aromatic carboxylic acids is 1. The molecule has 0 saturated heterocycles. The molecule has 0 unspecified atom stereocenters. The maximum Gasteiger partial charge on any atom is 0.336 e. The molecule has 0 aliphatic heterocycles. The van der Waals surface area contributed by atoms with Gasteiger partial charge in [-0.05, 0) is 42.2 Å². The van der Waals surface area contributed by atoms with E-state index in [2.05, 4.69) is 15.0 Å². The Balaban J connectivity index is 2.35. The summed E-state index contributed by atoms with van der Waals surface area (Å²) in [5.74, 6) is -0.634. The van der Waals surface area contributed by atoms with Crippen LogP contribution in [0.4, 0.5) is 5.82 Å². The van der Waals surface area contributed by atoms with Gasteiger partial charge in [0.05, 0.1) is 16.6 Å². The minimum absolute atomic E-state index is 0.0583. The van der Waals surface area contributed by atoms with Crippen LogP contribution in [-0.4, -0.2) is 26.0 Å². The van der Waals surface area contributed by atoms with Crippen LogP contribution >= 0.6 is 0 Å². The van der Waals surface area contributed by atoms with Crippen molar-refractivity contribution in [3.63, 3.8) is 0 Å². The number of benzene rings is 1. The Bertz CT molecular complexity index is 937. The highest BCUT2D eigenvalue weighted by atomic mass is 16.4. The maximum atomic E-state index is 11.7. The predicted octanol–water partition coefficient (Wildman–Crippen LogP) is 3.40. The van der Waals surface area contributed by atoms with Gasteiger partial charge in [-0.15, -0.1) is 0 Å². The number of anilines is 1. The van der Waals surface area contributed by atoms with Gasteiger partial charge in [0.15, 0.2) is 5.82 Å². The number of hydrogen-bond acceptors (Lipinski definition) is 5. The fourth-order valence-electron chi connectivity index (χ4n) is 2.85. The van der Waals surface area contributed by atoms with Gasteiger partial charge in [-0.2, -0.15) is 0 Å². The second-order valence-corrected chi connectivity index (χ2v) is 5.99. The van der Waals surface area contributed by atoms with Gasteiger partial charge < -0.3 is 10.8 Å². The fraction of sp³-hybridized carbons (Fsp3) is 0.222. The van der Waals surface area contributed by atoms with Gasteiger partial charge in [-0.1, -0.05) is 13.8 Å². The van der Waals surface area contributed by atoms with Crippen LogP contribution in [0.25, 0.3) is 22.3 Å². The molecular weight excluding hydrogens is 304 g/mol. The Morgan fingerprint density at radius 2 is 1.88 bits per heavy atom. The molecule has 3 rings (SSSR count). The number of pyridine rings is 1. The Hall–Kier alpha value is -3.02. The Kier molecular flexibility index (Phi) is 3.89. The molecule has 3 N–H and O–H groups in total. The summed E-state index contributed by atoms with van der Waals surface area (Å²) in [5, 5.41) is 9.57. The van der Waals surface area contributed by atoms with Crippen molar-refractivity contribution in [2.45, 2.75) is 26.7 Å². The number of nitrogen functional groups attached to an aromatic ring is 1. The normalized spacial score (nSPS) is 11.2. The van der Waals surface area contributed by atoms with E-state index in [0.717, 1.165) is 11.1 Å². The first kappa shape index (κ1) is 15.9. The molecule has 6 nitrogen and oxygen atoms in total. The Labute approximate surface area is 139 Å².